The molecule has 0 aliphatic rings. The molecular weight excluding hydrogens is 571 g/mol. The topological polar surface area (TPSA) is 18.5 Å². The summed E-state index contributed by atoms with van der Waals surface area (Å²) in [6.07, 6.45) is 0. The fourth-order valence-corrected chi connectivity index (χ4v) is 5.99. The Bertz CT molecular complexity index is 2010. The predicted octanol–water partition coefficient (Wildman–Crippen LogP) is 12.7. The molecule has 0 spiro atoms. The summed E-state index contributed by atoms with van der Waals surface area (Å²) in [7, 11) is 0. The Balaban J connectivity index is 1.19. The van der Waals surface area contributed by atoms with Gasteiger partial charge in [0.05, 0.1) is 0 Å². The Morgan fingerprint density at radius 1 is 0.319 bits per heavy atom. The molecule has 0 amide bonds. The lowest BCUT2D eigenvalue weighted by atomic mass is 10.0. The molecule has 228 valence electrons. The Labute approximate surface area is 278 Å². The highest BCUT2D eigenvalue weighted by molar-refractivity contribution is 5.82. The number of para-hydroxylation sites is 2. The summed E-state index contributed by atoms with van der Waals surface area (Å²) < 4.78 is 0. The second-order valence-electron chi connectivity index (χ2n) is 11.8. The molecule has 0 aromatic heterocycles. The van der Waals surface area contributed by atoms with Gasteiger partial charge in [0.2, 0.25) is 0 Å². The van der Waals surface area contributed by atoms with E-state index >= 15 is 0 Å². The van der Waals surface area contributed by atoms with Crippen LogP contribution in [-0.4, -0.2) is 0 Å². The van der Waals surface area contributed by atoms with E-state index in [-0.39, 0.29) is 0 Å². The van der Waals surface area contributed by atoms with E-state index in [0.29, 0.717) is 0 Å². The van der Waals surface area contributed by atoms with Crippen molar-refractivity contribution in [3.8, 4) is 11.1 Å². The van der Waals surface area contributed by atoms with Crippen LogP contribution in [0.2, 0.25) is 0 Å². The molecule has 3 nitrogen and oxygen atoms in total. The van der Waals surface area contributed by atoms with Crippen molar-refractivity contribution >= 4 is 45.5 Å². The minimum absolute atomic E-state index is 1.07. The Morgan fingerprint density at radius 2 is 0.681 bits per heavy atom. The monoisotopic (exact) mass is 607 g/mol. The lowest BCUT2D eigenvalue weighted by Crippen LogP contribution is -2.12. The van der Waals surface area contributed by atoms with Crippen LogP contribution in [0, 0.1) is 13.8 Å². The van der Waals surface area contributed by atoms with Crippen molar-refractivity contribution in [2.75, 3.05) is 15.1 Å². The zero-order valence-electron chi connectivity index (χ0n) is 26.7. The molecule has 0 aliphatic heterocycles. The third kappa shape index (κ3) is 6.80. The lowest BCUT2D eigenvalue weighted by Gasteiger charge is -2.28. The second kappa shape index (κ2) is 13.5. The minimum atomic E-state index is 1.07. The van der Waals surface area contributed by atoms with Gasteiger partial charge in [0.25, 0.3) is 0 Å². The van der Waals surface area contributed by atoms with Crippen molar-refractivity contribution < 1.29 is 0 Å². The van der Waals surface area contributed by atoms with Crippen molar-refractivity contribution in [2.24, 2.45) is 0 Å². The van der Waals surface area contributed by atoms with Crippen LogP contribution < -0.4 is 15.1 Å². The van der Waals surface area contributed by atoms with E-state index in [2.05, 4.69) is 193 Å². The zero-order valence-corrected chi connectivity index (χ0v) is 26.7. The number of nitrogens with zero attached hydrogens (tertiary/aromatic N) is 2. The van der Waals surface area contributed by atoms with Crippen LogP contribution in [-0.2, 0) is 0 Å². The summed E-state index contributed by atoms with van der Waals surface area (Å²) in [6, 6.07) is 64.4. The number of hydrogen-bond acceptors (Lipinski definition) is 3. The molecule has 0 unspecified atom stereocenters. The first-order valence-electron chi connectivity index (χ1n) is 16.0. The molecule has 0 bridgehead atoms. The SMILES string of the molecule is Cc1cccc(N(c2ccc(N(c3ccccc3)c3ccc(-c4ccc(Nc5ccccc5)cc4)cc3)cc2)c2cccc(C)c2)c1. The van der Waals surface area contributed by atoms with Crippen molar-refractivity contribution in [3.05, 3.63) is 193 Å². The summed E-state index contributed by atoms with van der Waals surface area (Å²) in [6.45, 7) is 4.28. The van der Waals surface area contributed by atoms with E-state index in [1.165, 1.54) is 22.3 Å². The van der Waals surface area contributed by atoms with E-state index in [1.807, 2.05) is 18.2 Å². The molecule has 7 rings (SSSR count). The van der Waals surface area contributed by atoms with Gasteiger partial charge < -0.3 is 15.1 Å². The average Bonchev–Trinajstić information content (AvgIpc) is 3.11. The van der Waals surface area contributed by atoms with Crippen LogP contribution >= 0.6 is 0 Å². The highest BCUT2D eigenvalue weighted by Gasteiger charge is 2.16. The number of rotatable bonds is 9. The van der Waals surface area contributed by atoms with Crippen LogP contribution in [0.25, 0.3) is 11.1 Å². The Kier molecular flexibility index (Phi) is 8.52. The van der Waals surface area contributed by atoms with Crippen LogP contribution in [0.3, 0.4) is 0 Å². The maximum absolute atomic E-state index is 3.47. The standard InChI is InChI=1S/C44H37N3/c1-33-11-9-17-43(31-33)47(44-18-10-12-34(2)32-44)42-29-27-41(28-30-42)46(39-15-7-4-8-16-39)40-25-21-36(22-26-40)35-19-23-38(24-20-35)45-37-13-5-3-6-14-37/h3-32,45H,1-2H3. The molecule has 0 radical (unpaired) electrons. The molecule has 0 saturated carbocycles. The van der Waals surface area contributed by atoms with Gasteiger partial charge in [-0.3, -0.25) is 0 Å². The first kappa shape index (κ1) is 29.6. The van der Waals surface area contributed by atoms with E-state index in [1.54, 1.807) is 0 Å². The van der Waals surface area contributed by atoms with Gasteiger partial charge in [0.1, 0.15) is 0 Å². The smallest absolute Gasteiger partial charge is 0.0464 e. The number of anilines is 8. The minimum Gasteiger partial charge on any atom is -0.356 e. The fourth-order valence-electron chi connectivity index (χ4n) is 5.99. The number of aryl methyl sites for hydroxylation is 2. The van der Waals surface area contributed by atoms with Gasteiger partial charge in [-0.05, 0) is 133 Å². The zero-order chi connectivity index (χ0) is 32.0. The summed E-state index contributed by atoms with van der Waals surface area (Å²) >= 11 is 0. The first-order valence-corrected chi connectivity index (χ1v) is 16.0. The molecule has 47 heavy (non-hydrogen) atoms. The molecule has 7 aromatic carbocycles. The Morgan fingerprint density at radius 3 is 1.17 bits per heavy atom. The molecule has 0 saturated heterocycles. The van der Waals surface area contributed by atoms with Crippen molar-refractivity contribution in [3.63, 3.8) is 0 Å². The van der Waals surface area contributed by atoms with Crippen LogP contribution in [0.4, 0.5) is 45.5 Å². The van der Waals surface area contributed by atoms with Gasteiger partial charge in [0, 0.05) is 45.5 Å². The number of hydrogen-bond donors (Lipinski definition) is 1. The van der Waals surface area contributed by atoms with Gasteiger partial charge >= 0.3 is 0 Å². The van der Waals surface area contributed by atoms with E-state index < -0.39 is 0 Å². The highest BCUT2D eigenvalue weighted by atomic mass is 15.2. The third-order valence-electron chi connectivity index (χ3n) is 8.31. The molecule has 1 N–H and O–H groups in total. The average molecular weight is 608 g/mol. The maximum Gasteiger partial charge on any atom is 0.0464 e. The molecule has 7 aromatic rings. The van der Waals surface area contributed by atoms with Crippen LogP contribution in [0.1, 0.15) is 11.1 Å². The maximum atomic E-state index is 3.47. The predicted molar refractivity (Wildman–Crippen MR) is 200 cm³/mol. The molecule has 0 atom stereocenters. The van der Waals surface area contributed by atoms with E-state index in [9.17, 15) is 0 Å². The van der Waals surface area contributed by atoms with E-state index in [4.69, 9.17) is 0 Å². The lowest BCUT2D eigenvalue weighted by molar-refractivity contribution is 1.24. The second-order valence-corrected chi connectivity index (χ2v) is 11.8. The summed E-state index contributed by atoms with van der Waals surface area (Å²) in [5.41, 5.74) is 13.7. The van der Waals surface area contributed by atoms with Crippen molar-refractivity contribution in [2.45, 2.75) is 13.8 Å². The highest BCUT2D eigenvalue weighted by Crippen LogP contribution is 2.39. The summed E-state index contributed by atoms with van der Waals surface area (Å²) in [4.78, 5) is 4.64. The fraction of sp³-hybridized carbons (Fsp3) is 0.0455. The quantitative estimate of drug-likeness (QED) is 0.176. The van der Waals surface area contributed by atoms with Gasteiger partial charge in [-0.1, -0.05) is 84.9 Å². The normalized spacial score (nSPS) is 10.8. The number of nitrogens with one attached hydrogen (secondary N) is 1. The molecule has 0 heterocycles. The first-order chi connectivity index (χ1) is 23.1. The summed E-state index contributed by atoms with van der Waals surface area (Å²) in [5, 5.41) is 3.47. The van der Waals surface area contributed by atoms with Crippen molar-refractivity contribution in [1.29, 1.82) is 0 Å². The van der Waals surface area contributed by atoms with Gasteiger partial charge in [-0.15, -0.1) is 0 Å². The molecule has 0 fully saturated rings. The largest absolute Gasteiger partial charge is 0.356 e. The van der Waals surface area contributed by atoms with Crippen LogP contribution in [0.5, 0.6) is 0 Å². The van der Waals surface area contributed by atoms with E-state index in [0.717, 1.165) is 45.5 Å². The molecular formula is C44H37N3. The number of benzene rings is 7. The van der Waals surface area contributed by atoms with Gasteiger partial charge in [0.15, 0.2) is 0 Å². The van der Waals surface area contributed by atoms with Crippen LogP contribution in [0.15, 0.2) is 182 Å². The van der Waals surface area contributed by atoms with Crippen molar-refractivity contribution in [1.82, 2.24) is 0 Å². The van der Waals surface area contributed by atoms with Gasteiger partial charge in [-0.25, -0.2) is 0 Å². The van der Waals surface area contributed by atoms with Gasteiger partial charge in [-0.2, -0.15) is 0 Å². The molecule has 3 heteroatoms. The third-order valence-corrected chi connectivity index (χ3v) is 8.31. The molecule has 0 aliphatic carbocycles. The summed E-state index contributed by atoms with van der Waals surface area (Å²) in [5.74, 6) is 0. The Hall–Kier alpha value is -6.06.